The number of morpholine rings is 1. The highest BCUT2D eigenvalue weighted by Gasteiger charge is 2.22. The lowest BCUT2D eigenvalue weighted by Crippen LogP contribution is -2.41. The van der Waals surface area contributed by atoms with Crippen LogP contribution in [-0.2, 0) is 23.0 Å². The van der Waals surface area contributed by atoms with E-state index in [0.717, 1.165) is 27.9 Å². The van der Waals surface area contributed by atoms with Crippen molar-refractivity contribution in [1.29, 1.82) is 0 Å². The number of hydrogen-bond donors (Lipinski definition) is 2. The van der Waals surface area contributed by atoms with Crippen LogP contribution >= 0.6 is 0 Å². The SMILES string of the molecule is CCC(=O)Nc1cc(Cc2cc(-c3cccc(NC(=O)c4ccc(N(C)C)cc4)c3C)cn(C)c2=O)ccc1C(=O)N1CCOCC1. The summed E-state index contributed by atoms with van der Waals surface area (Å²) in [5, 5.41) is 5.92. The fourth-order valence-corrected chi connectivity index (χ4v) is 5.63. The fourth-order valence-electron chi connectivity index (χ4n) is 5.63. The number of nitrogens with one attached hydrogen (secondary N) is 2. The maximum Gasteiger partial charge on any atom is 0.256 e. The molecule has 10 heteroatoms. The molecule has 1 aromatic heterocycles. The maximum atomic E-state index is 13.3. The summed E-state index contributed by atoms with van der Waals surface area (Å²) < 4.78 is 6.94. The smallest absolute Gasteiger partial charge is 0.256 e. The molecule has 47 heavy (non-hydrogen) atoms. The second kappa shape index (κ2) is 14.5. The van der Waals surface area contributed by atoms with E-state index in [1.807, 2.05) is 68.4 Å². The Balaban J connectivity index is 1.43. The molecule has 5 rings (SSSR count). The van der Waals surface area contributed by atoms with Crippen LogP contribution in [0.2, 0.25) is 0 Å². The van der Waals surface area contributed by atoms with Gasteiger partial charge in [-0.1, -0.05) is 25.1 Å². The number of aryl methyl sites for hydroxylation is 1. The first-order valence-corrected chi connectivity index (χ1v) is 15.7. The average Bonchev–Trinajstić information content (AvgIpc) is 3.07. The molecule has 244 valence electrons. The van der Waals surface area contributed by atoms with Gasteiger partial charge in [-0.3, -0.25) is 19.2 Å². The average molecular weight is 636 g/mol. The Bertz CT molecular complexity index is 1860. The Hall–Kier alpha value is -5.22. The van der Waals surface area contributed by atoms with Crippen LogP contribution in [-0.4, -0.2) is 67.6 Å². The van der Waals surface area contributed by atoms with Gasteiger partial charge in [0.1, 0.15) is 0 Å². The molecule has 3 aromatic carbocycles. The molecule has 0 unspecified atom stereocenters. The molecule has 0 aliphatic carbocycles. The molecule has 1 aliphatic heterocycles. The molecular formula is C37H41N5O5. The summed E-state index contributed by atoms with van der Waals surface area (Å²) in [6, 6.07) is 20.3. The van der Waals surface area contributed by atoms with E-state index in [1.54, 1.807) is 53.9 Å². The van der Waals surface area contributed by atoms with Crippen LogP contribution in [0.3, 0.4) is 0 Å². The van der Waals surface area contributed by atoms with E-state index >= 15 is 0 Å². The predicted octanol–water partition coefficient (Wildman–Crippen LogP) is 5.09. The highest BCUT2D eigenvalue weighted by atomic mass is 16.5. The van der Waals surface area contributed by atoms with Crippen LogP contribution in [0, 0.1) is 6.92 Å². The van der Waals surface area contributed by atoms with Gasteiger partial charge in [0.25, 0.3) is 17.4 Å². The van der Waals surface area contributed by atoms with Crippen molar-refractivity contribution >= 4 is 34.8 Å². The fraction of sp³-hybridized carbons (Fsp3) is 0.297. The largest absolute Gasteiger partial charge is 0.378 e. The zero-order valence-electron chi connectivity index (χ0n) is 27.6. The number of hydrogen-bond acceptors (Lipinski definition) is 6. The number of rotatable bonds is 9. The summed E-state index contributed by atoms with van der Waals surface area (Å²) in [5.41, 5.74) is 6.82. The minimum absolute atomic E-state index is 0.148. The summed E-state index contributed by atoms with van der Waals surface area (Å²) in [7, 11) is 5.61. The Morgan fingerprint density at radius 1 is 0.915 bits per heavy atom. The molecule has 2 N–H and O–H groups in total. The van der Waals surface area contributed by atoms with Gasteiger partial charge in [-0.2, -0.15) is 0 Å². The molecule has 1 aliphatic rings. The number of ether oxygens (including phenoxy) is 1. The molecule has 3 amide bonds. The van der Waals surface area contributed by atoms with Crippen LogP contribution in [0.15, 0.2) is 77.7 Å². The summed E-state index contributed by atoms with van der Waals surface area (Å²) in [5.74, 6) is -0.584. The van der Waals surface area contributed by atoms with Crippen molar-refractivity contribution in [3.63, 3.8) is 0 Å². The lowest BCUT2D eigenvalue weighted by Gasteiger charge is -2.27. The van der Waals surface area contributed by atoms with E-state index in [0.29, 0.717) is 60.8 Å². The number of anilines is 3. The molecule has 0 saturated carbocycles. The lowest BCUT2D eigenvalue weighted by molar-refractivity contribution is -0.115. The molecule has 1 saturated heterocycles. The molecule has 0 bridgehead atoms. The number of amides is 3. The van der Waals surface area contributed by atoms with Crippen molar-refractivity contribution in [1.82, 2.24) is 9.47 Å². The molecule has 2 heterocycles. The van der Waals surface area contributed by atoms with Gasteiger partial charge in [0.05, 0.1) is 24.5 Å². The Morgan fingerprint density at radius 3 is 2.32 bits per heavy atom. The normalized spacial score (nSPS) is 12.8. The maximum absolute atomic E-state index is 13.3. The lowest BCUT2D eigenvalue weighted by atomic mass is 9.96. The second-order valence-electron chi connectivity index (χ2n) is 11.9. The summed E-state index contributed by atoms with van der Waals surface area (Å²) >= 11 is 0. The summed E-state index contributed by atoms with van der Waals surface area (Å²) in [4.78, 5) is 55.9. The predicted molar refractivity (Wildman–Crippen MR) is 185 cm³/mol. The highest BCUT2D eigenvalue weighted by Crippen LogP contribution is 2.30. The third-order valence-electron chi connectivity index (χ3n) is 8.40. The number of benzene rings is 3. The van der Waals surface area contributed by atoms with Crippen LogP contribution < -0.4 is 21.1 Å². The minimum atomic E-state index is -0.210. The van der Waals surface area contributed by atoms with E-state index in [-0.39, 0.29) is 29.7 Å². The van der Waals surface area contributed by atoms with E-state index in [9.17, 15) is 19.2 Å². The van der Waals surface area contributed by atoms with Gasteiger partial charge in [-0.05, 0) is 77.7 Å². The molecule has 0 spiro atoms. The van der Waals surface area contributed by atoms with Gasteiger partial charge in [-0.25, -0.2) is 0 Å². The third kappa shape index (κ3) is 7.61. The first-order chi connectivity index (χ1) is 22.5. The molecule has 0 atom stereocenters. The first-order valence-electron chi connectivity index (χ1n) is 15.7. The molecule has 4 aromatic rings. The molecular weight excluding hydrogens is 594 g/mol. The van der Waals surface area contributed by atoms with Gasteiger partial charge < -0.3 is 29.7 Å². The monoisotopic (exact) mass is 635 g/mol. The van der Waals surface area contributed by atoms with Crippen LogP contribution in [0.25, 0.3) is 11.1 Å². The van der Waals surface area contributed by atoms with Crippen molar-refractivity contribution < 1.29 is 19.1 Å². The van der Waals surface area contributed by atoms with E-state index in [1.165, 1.54) is 0 Å². The molecule has 10 nitrogen and oxygen atoms in total. The van der Waals surface area contributed by atoms with Crippen LogP contribution in [0.5, 0.6) is 0 Å². The van der Waals surface area contributed by atoms with Crippen molar-refractivity contribution in [3.8, 4) is 11.1 Å². The standard InChI is InChI=1S/C37H41N5O5/c1-6-34(43)38-33-21-25(10-15-31(33)37(46)42-16-18-47-19-17-42)20-27-22-28(23-41(5)36(27)45)30-8-7-9-32(24(30)2)39-35(44)26-11-13-29(14-12-26)40(3)4/h7-15,21-23H,6,16-20H2,1-5H3,(H,38,43)(H,39,44). The number of aromatic nitrogens is 1. The van der Waals surface area contributed by atoms with Crippen LogP contribution in [0.4, 0.5) is 17.1 Å². The molecule has 0 radical (unpaired) electrons. The first kappa shape index (κ1) is 33.2. The summed E-state index contributed by atoms with van der Waals surface area (Å²) in [6.07, 6.45) is 2.34. The minimum Gasteiger partial charge on any atom is -0.378 e. The topological polar surface area (TPSA) is 113 Å². The van der Waals surface area contributed by atoms with Crippen molar-refractivity contribution in [2.75, 3.05) is 55.9 Å². The van der Waals surface area contributed by atoms with Gasteiger partial charge >= 0.3 is 0 Å². The quantitative estimate of drug-likeness (QED) is 0.265. The van der Waals surface area contributed by atoms with Gasteiger partial charge in [0.2, 0.25) is 5.91 Å². The van der Waals surface area contributed by atoms with Crippen LogP contribution in [0.1, 0.15) is 50.8 Å². The van der Waals surface area contributed by atoms with E-state index in [2.05, 4.69) is 10.6 Å². The number of carbonyl (C=O) groups excluding carboxylic acids is 3. The van der Waals surface area contributed by atoms with Crippen molar-refractivity contribution in [2.45, 2.75) is 26.7 Å². The highest BCUT2D eigenvalue weighted by molar-refractivity contribution is 6.05. The number of carbonyl (C=O) groups is 3. The molecule has 1 fully saturated rings. The van der Waals surface area contributed by atoms with Crippen molar-refractivity contribution in [2.24, 2.45) is 7.05 Å². The van der Waals surface area contributed by atoms with Gasteiger partial charge in [-0.15, -0.1) is 0 Å². The van der Waals surface area contributed by atoms with Gasteiger partial charge in [0, 0.05) is 75.8 Å². The Morgan fingerprint density at radius 2 is 1.64 bits per heavy atom. The number of pyridine rings is 1. The van der Waals surface area contributed by atoms with Gasteiger partial charge in [0.15, 0.2) is 0 Å². The van der Waals surface area contributed by atoms with Crippen molar-refractivity contribution in [3.05, 3.63) is 111 Å². The van der Waals surface area contributed by atoms with E-state index < -0.39 is 0 Å². The third-order valence-corrected chi connectivity index (χ3v) is 8.40. The second-order valence-corrected chi connectivity index (χ2v) is 11.9. The Labute approximate surface area is 275 Å². The van der Waals surface area contributed by atoms with E-state index in [4.69, 9.17) is 4.74 Å². The zero-order valence-corrected chi connectivity index (χ0v) is 27.6. The zero-order chi connectivity index (χ0) is 33.7. The summed E-state index contributed by atoms with van der Waals surface area (Å²) in [6.45, 7) is 5.61. The number of nitrogens with zero attached hydrogens (tertiary/aromatic N) is 3. The Kier molecular flexibility index (Phi) is 10.2.